The zero-order valence-electron chi connectivity index (χ0n) is 18.6. The number of hydrogen-bond donors (Lipinski definition) is 1. The number of hydrogen-bond acceptors (Lipinski definition) is 3. The second-order valence-electron chi connectivity index (χ2n) is 7.70. The summed E-state index contributed by atoms with van der Waals surface area (Å²) in [4.78, 5) is 28.0. The molecule has 0 heterocycles. The largest absolute Gasteiger partial charge is 0.357 e. The minimum absolute atomic E-state index is 0.130. The number of likely N-dealkylation sites (N-methyl/N-ethyl adjacent to an activating group) is 1. The van der Waals surface area contributed by atoms with Gasteiger partial charge in [0.1, 0.15) is 6.04 Å². The first-order valence-corrected chi connectivity index (χ1v) is 13.0. The van der Waals surface area contributed by atoms with Crippen LogP contribution in [0.2, 0.25) is 15.1 Å². The summed E-state index contributed by atoms with van der Waals surface area (Å²) >= 11 is 19.7. The maximum atomic E-state index is 13.4. The number of carbonyl (C=O) groups is 2. The van der Waals surface area contributed by atoms with E-state index in [4.69, 9.17) is 34.8 Å². The molecule has 0 aliphatic carbocycles. The Bertz CT molecular complexity index is 1110. The highest BCUT2D eigenvalue weighted by Gasteiger charge is 2.29. The maximum Gasteiger partial charge on any atom is 0.242 e. The quantitative estimate of drug-likeness (QED) is 0.333. The molecule has 8 heteroatoms. The van der Waals surface area contributed by atoms with Gasteiger partial charge in [-0.15, -0.1) is 11.8 Å². The van der Waals surface area contributed by atoms with Crippen molar-refractivity contribution in [1.82, 2.24) is 10.2 Å². The summed E-state index contributed by atoms with van der Waals surface area (Å²) in [6, 6.07) is 21.6. The predicted octanol–water partition coefficient (Wildman–Crippen LogP) is 6.27. The molecule has 0 saturated heterocycles. The molecule has 0 spiro atoms. The van der Waals surface area contributed by atoms with Crippen LogP contribution in [0.25, 0.3) is 0 Å². The van der Waals surface area contributed by atoms with E-state index in [0.29, 0.717) is 33.8 Å². The Hall–Kier alpha value is -2.18. The van der Waals surface area contributed by atoms with Crippen LogP contribution in [0.1, 0.15) is 16.7 Å². The third-order valence-electron chi connectivity index (χ3n) is 5.28. The van der Waals surface area contributed by atoms with Crippen LogP contribution in [0.5, 0.6) is 0 Å². The monoisotopic (exact) mass is 534 g/mol. The smallest absolute Gasteiger partial charge is 0.242 e. The number of nitrogens with zero attached hydrogens (tertiary/aromatic N) is 1. The minimum atomic E-state index is -0.657. The lowest BCUT2D eigenvalue weighted by atomic mass is 10.0. The van der Waals surface area contributed by atoms with Gasteiger partial charge in [-0.25, -0.2) is 0 Å². The molecule has 0 unspecified atom stereocenters. The number of thioether (sulfide) groups is 1. The van der Waals surface area contributed by atoms with Crippen molar-refractivity contribution in [2.24, 2.45) is 0 Å². The maximum absolute atomic E-state index is 13.4. The van der Waals surface area contributed by atoms with Gasteiger partial charge in [0.15, 0.2) is 0 Å². The normalized spacial score (nSPS) is 11.6. The van der Waals surface area contributed by atoms with Crippen molar-refractivity contribution >= 4 is 58.4 Å². The van der Waals surface area contributed by atoms with Crippen LogP contribution in [0.3, 0.4) is 0 Å². The number of rotatable bonds is 10. The van der Waals surface area contributed by atoms with Crippen LogP contribution >= 0.6 is 46.6 Å². The topological polar surface area (TPSA) is 49.4 Å². The first-order chi connectivity index (χ1) is 16.4. The molecular formula is C26H25Cl3N2O2S. The van der Waals surface area contributed by atoms with Crippen molar-refractivity contribution in [1.29, 1.82) is 0 Å². The molecule has 178 valence electrons. The van der Waals surface area contributed by atoms with Crippen LogP contribution in [-0.4, -0.2) is 35.6 Å². The van der Waals surface area contributed by atoms with E-state index in [1.807, 2.05) is 48.5 Å². The molecule has 0 aliphatic heterocycles. The number of amides is 2. The Kier molecular flexibility index (Phi) is 10.1. The summed E-state index contributed by atoms with van der Waals surface area (Å²) in [6.45, 7) is 0.295. The Labute approximate surface area is 219 Å². The van der Waals surface area contributed by atoms with Crippen molar-refractivity contribution in [2.45, 2.75) is 24.8 Å². The molecule has 0 aromatic heterocycles. The fourth-order valence-electron chi connectivity index (χ4n) is 3.48. The van der Waals surface area contributed by atoms with Crippen molar-refractivity contribution in [3.63, 3.8) is 0 Å². The molecule has 2 amide bonds. The van der Waals surface area contributed by atoms with E-state index in [1.54, 1.807) is 36.2 Å². The number of nitrogens with one attached hydrogen (secondary N) is 1. The van der Waals surface area contributed by atoms with Crippen LogP contribution in [0, 0.1) is 0 Å². The molecular weight excluding hydrogens is 511 g/mol. The van der Waals surface area contributed by atoms with Gasteiger partial charge in [0.2, 0.25) is 11.8 Å². The van der Waals surface area contributed by atoms with Crippen molar-refractivity contribution in [3.8, 4) is 0 Å². The molecule has 0 radical (unpaired) electrons. The SMILES string of the molecule is CNC(=O)[C@H](Cc1ccccc1)N(Cc1ccc(Cl)cc1)C(=O)CSCc1ccc(Cl)cc1Cl. The second kappa shape index (κ2) is 13.1. The zero-order valence-corrected chi connectivity index (χ0v) is 21.7. The average Bonchev–Trinajstić information content (AvgIpc) is 2.84. The summed E-state index contributed by atoms with van der Waals surface area (Å²) in [6.07, 6.45) is 0.410. The van der Waals surface area contributed by atoms with Crippen LogP contribution in [0.15, 0.2) is 72.8 Å². The van der Waals surface area contributed by atoms with Crippen molar-refractivity contribution in [3.05, 3.63) is 105 Å². The van der Waals surface area contributed by atoms with E-state index in [1.165, 1.54) is 11.8 Å². The minimum Gasteiger partial charge on any atom is -0.357 e. The Balaban J connectivity index is 1.80. The summed E-state index contributed by atoms with van der Waals surface area (Å²) in [5, 5.41) is 4.47. The molecule has 0 fully saturated rings. The molecule has 0 saturated carbocycles. The molecule has 1 N–H and O–H groups in total. The summed E-state index contributed by atoms with van der Waals surface area (Å²) in [5.74, 6) is 0.417. The van der Waals surface area contributed by atoms with Crippen LogP contribution in [0.4, 0.5) is 0 Å². The van der Waals surface area contributed by atoms with E-state index in [9.17, 15) is 9.59 Å². The average molecular weight is 536 g/mol. The fraction of sp³-hybridized carbons (Fsp3) is 0.231. The molecule has 1 atom stereocenters. The molecule has 3 aromatic carbocycles. The first-order valence-electron chi connectivity index (χ1n) is 10.7. The Morgan fingerprint density at radius 1 is 0.912 bits per heavy atom. The number of carbonyl (C=O) groups excluding carboxylic acids is 2. The lowest BCUT2D eigenvalue weighted by molar-refractivity contribution is -0.139. The summed E-state index contributed by atoms with van der Waals surface area (Å²) in [7, 11) is 1.59. The van der Waals surface area contributed by atoms with E-state index in [0.717, 1.165) is 16.7 Å². The summed E-state index contributed by atoms with van der Waals surface area (Å²) in [5.41, 5.74) is 2.77. The highest BCUT2D eigenvalue weighted by molar-refractivity contribution is 7.99. The standard InChI is InChI=1S/C26H25Cl3N2O2S/c1-30-26(33)24(13-18-5-3-2-4-6-18)31(15-19-7-10-21(27)11-8-19)25(32)17-34-16-20-9-12-22(28)14-23(20)29/h2-12,14,24H,13,15-17H2,1H3,(H,30,33)/t24-/m0/s1. The third kappa shape index (κ3) is 7.67. The molecule has 0 bridgehead atoms. The summed E-state index contributed by atoms with van der Waals surface area (Å²) < 4.78 is 0. The highest BCUT2D eigenvalue weighted by Crippen LogP contribution is 2.25. The van der Waals surface area contributed by atoms with Gasteiger partial charge in [-0.3, -0.25) is 9.59 Å². The van der Waals surface area contributed by atoms with E-state index in [-0.39, 0.29) is 17.6 Å². The van der Waals surface area contributed by atoms with Gasteiger partial charge in [0.25, 0.3) is 0 Å². The molecule has 34 heavy (non-hydrogen) atoms. The lowest BCUT2D eigenvalue weighted by Crippen LogP contribution is -2.50. The molecule has 4 nitrogen and oxygen atoms in total. The second-order valence-corrected chi connectivity index (χ2v) is 9.96. The van der Waals surface area contributed by atoms with Crippen LogP contribution in [-0.2, 0) is 28.3 Å². The predicted molar refractivity (Wildman–Crippen MR) is 143 cm³/mol. The van der Waals surface area contributed by atoms with Crippen molar-refractivity contribution < 1.29 is 9.59 Å². The number of halogens is 3. The van der Waals surface area contributed by atoms with E-state index >= 15 is 0 Å². The van der Waals surface area contributed by atoms with E-state index < -0.39 is 6.04 Å². The van der Waals surface area contributed by atoms with E-state index in [2.05, 4.69) is 5.32 Å². The Morgan fingerprint density at radius 2 is 1.59 bits per heavy atom. The van der Waals surface area contributed by atoms with Gasteiger partial charge in [-0.1, -0.05) is 83.3 Å². The van der Waals surface area contributed by atoms with Gasteiger partial charge in [0.05, 0.1) is 5.75 Å². The van der Waals surface area contributed by atoms with Gasteiger partial charge in [-0.05, 0) is 41.0 Å². The molecule has 3 aromatic rings. The zero-order chi connectivity index (χ0) is 24.5. The van der Waals surface area contributed by atoms with Crippen LogP contribution < -0.4 is 5.32 Å². The van der Waals surface area contributed by atoms with Gasteiger partial charge in [0, 0.05) is 40.8 Å². The lowest BCUT2D eigenvalue weighted by Gasteiger charge is -2.31. The van der Waals surface area contributed by atoms with Gasteiger partial charge in [-0.2, -0.15) is 0 Å². The first kappa shape index (κ1) is 26.4. The van der Waals surface area contributed by atoms with Gasteiger partial charge >= 0.3 is 0 Å². The number of benzene rings is 3. The Morgan fingerprint density at radius 3 is 2.24 bits per heavy atom. The van der Waals surface area contributed by atoms with Gasteiger partial charge < -0.3 is 10.2 Å². The highest BCUT2D eigenvalue weighted by atomic mass is 35.5. The van der Waals surface area contributed by atoms with Crippen molar-refractivity contribution in [2.75, 3.05) is 12.8 Å². The molecule has 0 aliphatic rings. The fourth-order valence-corrected chi connectivity index (χ4v) is 5.07. The third-order valence-corrected chi connectivity index (χ3v) is 7.09. The molecule has 3 rings (SSSR count).